The molecule has 0 fully saturated rings. The lowest BCUT2D eigenvalue weighted by Gasteiger charge is -2.04. The zero-order chi connectivity index (χ0) is 16.2. The van der Waals surface area contributed by atoms with Crippen LogP contribution < -0.4 is 5.32 Å². The summed E-state index contributed by atoms with van der Waals surface area (Å²) in [4.78, 5) is 0. The molecule has 0 saturated carbocycles. The highest BCUT2D eigenvalue weighted by molar-refractivity contribution is 9.10. The minimum Gasteiger partial charge on any atom is -0.460 e. The summed E-state index contributed by atoms with van der Waals surface area (Å²) in [5, 5.41) is 3.42. The summed E-state index contributed by atoms with van der Waals surface area (Å²) < 4.78 is 7.06. The Morgan fingerprint density at radius 1 is 0.917 bits per heavy atom. The van der Waals surface area contributed by atoms with E-state index in [2.05, 4.69) is 77.6 Å². The fourth-order valence-electron chi connectivity index (χ4n) is 2.46. The van der Waals surface area contributed by atoms with E-state index in [0.29, 0.717) is 0 Å². The van der Waals surface area contributed by atoms with E-state index in [1.807, 2.05) is 12.1 Å². The van der Waals surface area contributed by atoms with Gasteiger partial charge in [-0.25, -0.2) is 0 Å². The Bertz CT molecular complexity index is 796. The molecule has 0 spiro atoms. The maximum atomic E-state index is 5.94. The molecule has 0 aliphatic heterocycles. The number of halogens is 2. The lowest BCUT2D eigenvalue weighted by molar-refractivity contribution is 0.493. The monoisotopic (exact) mass is 405 g/mol. The number of hydrogen-bond acceptors (Lipinski definition) is 2. The minimum absolute atomic E-state index is 0. The average molecular weight is 407 g/mol. The van der Waals surface area contributed by atoms with E-state index in [9.17, 15) is 0 Å². The summed E-state index contributed by atoms with van der Waals surface area (Å²) >= 11 is 3.53. The van der Waals surface area contributed by atoms with E-state index in [0.717, 1.165) is 34.6 Å². The third kappa shape index (κ3) is 4.73. The Kier molecular flexibility index (Phi) is 6.67. The summed E-state index contributed by atoms with van der Waals surface area (Å²) in [6.45, 7) is 5.75. The second-order valence-electron chi connectivity index (χ2n) is 5.82. The Morgan fingerprint density at radius 2 is 1.67 bits per heavy atom. The van der Waals surface area contributed by atoms with Gasteiger partial charge in [-0.15, -0.1) is 12.4 Å². The van der Waals surface area contributed by atoms with Crippen molar-refractivity contribution in [3.8, 4) is 11.3 Å². The van der Waals surface area contributed by atoms with Crippen molar-refractivity contribution in [1.29, 1.82) is 0 Å². The van der Waals surface area contributed by atoms with Crippen molar-refractivity contribution >= 4 is 28.3 Å². The van der Waals surface area contributed by atoms with Gasteiger partial charge in [-0.1, -0.05) is 51.8 Å². The van der Waals surface area contributed by atoms with Gasteiger partial charge in [-0.2, -0.15) is 0 Å². The van der Waals surface area contributed by atoms with Crippen LogP contribution in [0, 0.1) is 13.8 Å². The van der Waals surface area contributed by atoms with Gasteiger partial charge in [0, 0.05) is 16.6 Å². The molecule has 3 rings (SSSR count). The van der Waals surface area contributed by atoms with Crippen LogP contribution in [0.4, 0.5) is 0 Å². The molecule has 0 unspecified atom stereocenters. The van der Waals surface area contributed by atoms with E-state index < -0.39 is 0 Å². The van der Waals surface area contributed by atoms with Gasteiger partial charge >= 0.3 is 0 Å². The second-order valence-corrected chi connectivity index (χ2v) is 6.67. The minimum atomic E-state index is 0. The first-order chi connectivity index (χ1) is 11.1. The average Bonchev–Trinajstić information content (AvgIpc) is 3.01. The fraction of sp³-hybridized carbons (Fsp3) is 0.200. The molecule has 0 saturated heterocycles. The van der Waals surface area contributed by atoms with Gasteiger partial charge in [-0.3, -0.25) is 0 Å². The molecule has 2 aromatic carbocycles. The zero-order valence-electron chi connectivity index (χ0n) is 13.8. The van der Waals surface area contributed by atoms with Crippen LogP contribution in [-0.4, -0.2) is 0 Å². The highest BCUT2D eigenvalue weighted by Crippen LogP contribution is 2.26. The standard InChI is InChI=1S/C20H20BrNO.ClH/c1-14-3-5-16(6-4-14)12-22-13-18-8-10-20(23-18)17-7-9-19(21)15(2)11-17;/h3-11,22H,12-13H2,1-2H3;1H. The molecule has 126 valence electrons. The lowest BCUT2D eigenvalue weighted by atomic mass is 10.1. The quantitative estimate of drug-likeness (QED) is 0.559. The van der Waals surface area contributed by atoms with Crippen LogP contribution in [0.25, 0.3) is 11.3 Å². The molecule has 0 bridgehead atoms. The fourth-order valence-corrected chi connectivity index (χ4v) is 2.71. The van der Waals surface area contributed by atoms with Crippen molar-refractivity contribution in [2.75, 3.05) is 0 Å². The molecule has 0 atom stereocenters. The third-order valence-corrected chi connectivity index (χ3v) is 4.74. The maximum Gasteiger partial charge on any atom is 0.134 e. The van der Waals surface area contributed by atoms with E-state index >= 15 is 0 Å². The molecular formula is C20H21BrClNO. The molecule has 1 N–H and O–H groups in total. The lowest BCUT2D eigenvalue weighted by Crippen LogP contribution is -2.11. The summed E-state index contributed by atoms with van der Waals surface area (Å²) in [7, 11) is 0. The van der Waals surface area contributed by atoms with Gasteiger partial charge in [0.15, 0.2) is 0 Å². The predicted molar refractivity (Wildman–Crippen MR) is 106 cm³/mol. The normalized spacial score (nSPS) is 10.5. The van der Waals surface area contributed by atoms with Crippen molar-refractivity contribution in [3.05, 3.63) is 81.5 Å². The van der Waals surface area contributed by atoms with Crippen LogP contribution in [-0.2, 0) is 13.1 Å². The third-order valence-electron chi connectivity index (χ3n) is 3.85. The summed E-state index contributed by atoms with van der Waals surface area (Å²) in [5.74, 6) is 1.86. The zero-order valence-corrected chi connectivity index (χ0v) is 16.2. The van der Waals surface area contributed by atoms with Gasteiger partial charge in [0.1, 0.15) is 11.5 Å². The van der Waals surface area contributed by atoms with Crippen LogP contribution in [0.2, 0.25) is 0 Å². The van der Waals surface area contributed by atoms with Crippen LogP contribution >= 0.6 is 28.3 Å². The van der Waals surface area contributed by atoms with E-state index in [1.165, 1.54) is 16.7 Å². The molecule has 3 aromatic rings. The van der Waals surface area contributed by atoms with Crippen LogP contribution in [0.5, 0.6) is 0 Å². The number of hydrogen-bond donors (Lipinski definition) is 1. The van der Waals surface area contributed by atoms with E-state index in [1.54, 1.807) is 0 Å². The highest BCUT2D eigenvalue weighted by Gasteiger charge is 2.06. The SMILES string of the molecule is Cc1ccc(CNCc2ccc(-c3ccc(Br)c(C)c3)o2)cc1.Cl. The van der Waals surface area contributed by atoms with Gasteiger partial charge < -0.3 is 9.73 Å². The van der Waals surface area contributed by atoms with Crippen LogP contribution in [0.3, 0.4) is 0 Å². The molecule has 4 heteroatoms. The number of nitrogens with one attached hydrogen (secondary N) is 1. The first-order valence-electron chi connectivity index (χ1n) is 7.73. The largest absolute Gasteiger partial charge is 0.460 e. The Balaban J connectivity index is 0.00000208. The number of furan rings is 1. The Morgan fingerprint density at radius 3 is 2.38 bits per heavy atom. The van der Waals surface area contributed by atoms with E-state index in [-0.39, 0.29) is 12.4 Å². The first-order valence-corrected chi connectivity index (χ1v) is 8.52. The smallest absolute Gasteiger partial charge is 0.134 e. The first kappa shape index (κ1) is 18.8. The summed E-state index contributed by atoms with van der Waals surface area (Å²) in [5.41, 5.74) is 4.88. The molecular weight excluding hydrogens is 386 g/mol. The Labute approximate surface area is 157 Å². The van der Waals surface area contributed by atoms with Gasteiger partial charge in [0.05, 0.1) is 6.54 Å². The van der Waals surface area contributed by atoms with Gasteiger partial charge in [-0.05, 0) is 49.2 Å². The predicted octanol–water partition coefficient (Wildman–Crippen LogP) is 6.04. The summed E-state index contributed by atoms with van der Waals surface area (Å²) in [6, 6.07) is 18.9. The van der Waals surface area contributed by atoms with Crippen LogP contribution in [0.15, 0.2) is 63.5 Å². The molecule has 1 aromatic heterocycles. The number of rotatable bonds is 5. The summed E-state index contributed by atoms with van der Waals surface area (Å²) in [6.07, 6.45) is 0. The Hall–Kier alpha value is -1.55. The van der Waals surface area contributed by atoms with Gasteiger partial charge in [0.2, 0.25) is 0 Å². The molecule has 0 aliphatic rings. The number of benzene rings is 2. The van der Waals surface area contributed by atoms with Crippen molar-refractivity contribution in [2.45, 2.75) is 26.9 Å². The van der Waals surface area contributed by atoms with Crippen molar-refractivity contribution in [3.63, 3.8) is 0 Å². The topological polar surface area (TPSA) is 25.2 Å². The molecule has 0 aliphatic carbocycles. The van der Waals surface area contributed by atoms with Crippen LogP contribution in [0.1, 0.15) is 22.5 Å². The van der Waals surface area contributed by atoms with Gasteiger partial charge in [0.25, 0.3) is 0 Å². The molecule has 0 amide bonds. The highest BCUT2D eigenvalue weighted by atomic mass is 79.9. The maximum absolute atomic E-state index is 5.94. The molecule has 1 heterocycles. The van der Waals surface area contributed by atoms with E-state index in [4.69, 9.17) is 4.42 Å². The van der Waals surface area contributed by atoms with Crippen molar-refractivity contribution < 1.29 is 4.42 Å². The molecule has 0 radical (unpaired) electrons. The molecule has 2 nitrogen and oxygen atoms in total. The van der Waals surface area contributed by atoms with Crippen molar-refractivity contribution in [1.82, 2.24) is 5.32 Å². The second kappa shape index (κ2) is 8.52. The molecule has 24 heavy (non-hydrogen) atoms. The number of aryl methyl sites for hydroxylation is 2. The van der Waals surface area contributed by atoms with Crippen molar-refractivity contribution in [2.24, 2.45) is 0 Å².